The summed E-state index contributed by atoms with van der Waals surface area (Å²) in [4.78, 5) is 4.53. The van der Waals surface area contributed by atoms with Crippen LogP contribution in [0.3, 0.4) is 0 Å². The molecule has 0 aromatic carbocycles. The van der Waals surface area contributed by atoms with Gasteiger partial charge in [0.05, 0.1) is 12.0 Å². The van der Waals surface area contributed by atoms with Crippen LogP contribution in [0.25, 0.3) is 0 Å². The Morgan fingerprint density at radius 3 is 2.70 bits per heavy atom. The van der Waals surface area contributed by atoms with Gasteiger partial charge in [0.2, 0.25) is 11.7 Å². The summed E-state index contributed by atoms with van der Waals surface area (Å²) in [6.07, 6.45) is 4.98. The molecule has 2 fully saturated rings. The van der Waals surface area contributed by atoms with E-state index in [1.165, 1.54) is 0 Å². The SMILES string of the molecule is COC1(c2noc(C3CCCCC3O)n2)CCOCC1. The van der Waals surface area contributed by atoms with E-state index in [4.69, 9.17) is 14.0 Å². The minimum atomic E-state index is -0.500. The maximum Gasteiger partial charge on any atom is 0.232 e. The van der Waals surface area contributed by atoms with Crippen molar-refractivity contribution < 1.29 is 19.1 Å². The van der Waals surface area contributed by atoms with E-state index >= 15 is 0 Å². The molecule has 1 aromatic heterocycles. The highest BCUT2D eigenvalue weighted by Crippen LogP contribution is 2.36. The normalized spacial score (nSPS) is 30.3. The van der Waals surface area contributed by atoms with E-state index < -0.39 is 5.60 Å². The van der Waals surface area contributed by atoms with Crippen LogP contribution in [0.1, 0.15) is 56.2 Å². The van der Waals surface area contributed by atoms with Gasteiger partial charge in [0.1, 0.15) is 5.60 Å². The minimum absolute atomic E-state index is 0.0289. The van der Waals surface area contributed by atoms with E-state index in [1.54, 1.807) is 7.11 Å². The first-order chi connectivity index (χ1) is 9.75. The molecule has 6 heteroatoms. The van der Waals surface area contributed by atoms with Gasteiger partial charge in [-0.1, -0.05) is 18.0 Å². The lowest BCUT2D eigenvalue weighted by molar-refractivity contribution is -0.101. The van der Waals surface area contributed by atoms with Gasteiger partial charge in [0.15, 0.2) is 0 Å². The number of aliphatic hydroxyl groups excluding tert-OH is 1. The van der Waals surface area contributed by atoms with Crippen molar-refractivity contribution in [1.29, 1.82) is 0 Å². The number of rotatable bonds is 3. The maximum absolute atomic E-state index is 10.1. The van der Waals surface area contributed by atoms with Crippen molar-refractivity contribution in [2.75, 3.05) is 20.3 Å². The highest BCUT2D eigenvalue weighted by molar-refractivity contribution is 5.06. The average molecular weight is 282 g/mol. The molecule has 1 aromatic rings. The van der Waals surface area contributed by atoms with E-state index in [0.29, 0.717) is 24.9 Å². The third-order valence-electron chi connectivity index (χ3n) is 4.59. The van der Waals surface area contributed by atoms with Gasteiger partial charge in [0, 0.05) is 33.2 Å². The monoisotopic (exact) mass is 282 g/mol. The number of nitrogens with zero attached hydrogens (tertiary/aromatic N) is 2. The van der Waals surface area contributed by atoms with E-state index in [9.17, 15) is 5.11 Å². The van der Waals surface area contributed by atoms with E-state index in [-0.39, 0.29) is 12.0 Å². The van der Waals surface area contributed by atoms with Crippen molar-refractivity contribution in [3.63, 3.8) is 0 Å². The van der Waals surface area contributed by atoms with Crippen LogP contribution < -0.4 is 0 Å². The first kappa shape index (κ1) is 14.0. The fraction of sp³-hybridized carbons (Fsp3) is 0.857. The van der Waals surface area contributed by atoms with Crippen LogP contribution >= 0.6 is 0 Å². The van der Waals surface area contributed by atoms with Gasteiger partial charge in [-0.25, -0.2) is 0 Å². The largest absolute Gasteiger partial charge is 0.392 e. The second-order valence-corrected chi connectivity index (χ2v) is 5.73. The molecule has 0 spiro atoms. The Morgan fingerprint density at radius 2 is 2.00 bits per heavy atom. The summed E-state index contributed by atoms with van der Waals surface area (Å²) in [5, 5.41) is 14.2. The molecule has 112 valence electrons. The first-order valence-electron chi connectivity index (χ1n) is 7.40. The Morgan fingerprint density at radius 1 is 1.25 bits per heavy atom. The molecular formula is C14H22N2O4. The molecular weight excluding hydrogens is 260 g/mol. The van der Waals surface area contributed by atoms with Gasteiger partial charge in [-0.3, -0.25) is 0 Å². The van der Waals surface area contributed by atoms with Gasteiger partial charge in [-0.2, -0.15) is 4.98 Å². The highest BCUT2D eigenvalue weighted by Gasteiger charge is 2.40. The van der Waals surface area contributed by atoms with E-state index in [0.717, 1.165) is 38.5 Å². The summed E-state index contributed by atoms with van der Waals surface area (Å²) in [6.45, 7) is 1.29. The van der Waals surface area contributed by atoms with Crippen molar-refractivity contribution in [2.45, 2.75) is 56.1 Å². The predicted molar refractivity (Wildman–Crippen MR) is 70.3 cm³/mol. The Bertz CT molecular complexity index is 442. The van der Waals surface area contributed by atoms with Crippen LogP contribution in [-0.4, -0.2) is 41.7 Å². The molecule has 0 amide bonds. The second kappa shape index (κ2) is 5.79. The molecule has 1 aliphatic heterocycles. The Kier molecular flexibility index (Phi) is 4.05. The van der Waals surface area contributed by atoms with Gasteiger partial charge in [0.25, 0.3) is 0 Å². The fourth-order valence-electron chi connectivity index (χ4n) is 3.19. The summed E-state index contributed by atoms with van der Waals surface area (Å²) in [5.74, 6) is 1.12. The van der Waals surface area contributed by atoms with Crippen molar-refractivity contribution in [2.24, 2.45) is 0 Å². The first-order valence-corrected chi connectivity index (χ1v) is 7.40. The molecule has 0 radical (unpaired) electrons. The zero-order valence-electron chi connectivity index (χ0n) is 11.9. The maximum atomic E-state index is 10.1. The summed E-state index contributed by atoms with van der Waals surface area (Å²) in [7, 11) is 1.68. The number of methoxy groups -OCH3 is 1. The standard InChI is InChI=1S/C14H22N2O4/c1-18-14(6-8-19-9-7-14)13-15-12(20-16-13)10-4-2-3-5-11(10)17/h10-11,17H,2-9H2,1H3. The quantitative estimate of drug-likeness (QED) is 0.910. The van der Waals surface area contributed by atoms with Crippen LogP contribution in [0.15, 0.2) is 4.52 Å². The van der Waals surface area contributed by atoms with Crippen LogP contribution in [0.2, 0.25) is 0 Å². The number of aromatic nitrogens is 2. The Balaban J connectivity index is 1.81. The third-order valence-corrected chi connectivity index (χ3v) is 4.59. The lowest BCUT2D eigenvalue weighted by Crippen LogP contribution is -2.36. The topological polar surface area (TPSA) is 77.6 Å². The van der Waals surface area contributed by atoms with Crippen LogP contribution in [0, 0.1) is 0 Å². The van der Waals surface area contributed by atoms with Crippen molar-refractivity contribution >= 4 is 0 Å². The minimum Gasteiger partial charge on any atom is -0.392 e. The molecule has 2 heterocycles. The van der Waals surface area contributed by atoms with Gasteiger partial charge < -0.3 is 19.1 Å². The van der Waals surface area contributed by atoms with Crippen LogP contribution in [0.4, 0.5) is 0 Å². The van der Waals surface area contributed by atoms with Crippen molar-refractivity contribution in [1.82, 2.24) is 10.1 Å². The highest BCUT2D eigenvalue weighted by atomic mass is 16.5. The van der Waals surface area contributed by atoms with Crippen LogP contribution in [-0.2, 0) is 15.1 Å². The van der Waals surface area contributed by atoms with Gasteiger partial charge in [-0.05, 0) is 12.8 Å². The molecule has 2 atom stereocenters. The number of aliphatic hydroxyl groups is 1. The van der Waals surface area contributed by atoms with Gasteiger partial charge >= 0.3 is 0 Å². The summed E-state index contributed by atoms with van der Waals surface area (Å²) < 4.78 is 16.5. The Hall–Kier alpha value is -0.980. The number of hydrogen-bond donors (Lipinski definition) is 1. The summed E-state index contributed by atoms with van der Waals surface area (Å²) in [6, 6.07) is 0. The Labute approximate surface area is 118 Å². The van der Waals surface area contributed by atoms with E-state index in [1.807, 2.05) is 0 Å². The summed E-state index contributed by atoms with van der Waals surface area (Å²) in [5.41, 5.74) is -0.500. The molecule has 0 bridgehead atoms. The smallest absolute Gasteiger partial charge is 0.232 e. The number of hydrogen-bond acceptors (Lipinski definition) is 6. The summed E-state index contributed by atoms with van der Waals surface area (Å²) >= 11 is 0. The lowest BCUT2D eigenvalue weighted by Gasteiger charge is -2.32. The van der Waals surface area contributed by atoms with Gasteiger partial charge in [-0.15, -0.1) is 0 Å². The molecule has 20 heavy (non-hydrogen) atoms. The zero-order chi connectivity index (χ0) is 14.0. The molecule has 1 saturated heterocycles. The average Bonchev–Trinajstić information content (AvgIpc) is 2.98. The number of ether oxygens (including phenoxy) is 2. The zero-order valence-corrected chi connectivity index (χ0v) is 11.9. The predicted octanol–water partition coefficient (Wildman–Crippen LogP) is 1.74. The second-order valence-electron chi connectivity index (χ2n) is 5.73. The van der Waals surface area contributed by atoms with E-state index in [2.05, 4.69) is 10.1 Å². The van der Waals surface area contributed by atoms with Crippen LogP contribution in [0.5, 0.6) is 0 Å². The lowest BCUT2D eigenvalue weighted by atomic mass is 9.86. The molecule has 6 nitrogen and oxygen atoms in total. The molecule has 2 unspecified atom stereocenters. The molecule has 1 N–H and O–H groups in total. The molecule has 3 rings (SSSR count). The molecule has 2 aliphatic rings. The van der Waals surface area contributed by atoms with Crippen molar-refractivity contribution in [3.05, 3.63) is 11.7 Å². The third kappa shape index (κ3) is 2.47. The van der Waals surface area contributed by atoms with Crippen molar-refractivity contribution in [3.8, 4) is 0 Å². The molecule has 1 saturated carbocycles. The fourth-order valence-corrected chi connectivity index (χ4v) is 3.19. The molecule has 1 aliphatic carbocycles.